The summed E-state index contributed by atoms with van der Waals surface area (Å²) in [5, 5.41) is 21.6. The minimum Gasteiger partial charge on any atom is -0.504 e. The van der Waals surface area contributed by atoms with Crippen molar-refractivity contribution < 1.29 is 24.5 Å². The van der Waals surface area contributed by atoms with Crippen molar-refractivity contribution in [2.75, 3.05) is 0 Å². The first-order chi connectivity index (χ1) is 12.8. The molecule has 6 unspecified atom stereocenters. The quantitative estimate of drug-likeness (QED) is 0.784. The Morgan fingerprint density at radius 1 is 1.37 bits per heavy atom. The molecule has 2 aliphatic heterocycles. The molecule has 1 saturated carbocycles. The Labute approximate surface area is 158 Å². The van der Waals surface area contributed by atoms with E-state index < -0.39 is 17.3 Å². The molecule has 2 fully saturated rings. The van der Waals surface area contributed by atoms with Crippen LogP contribution in [0.1, 0.15) is 45.3 Å². The molecule has 0 aromatic heterocycles. The predicted molar refractivity (Wildman–Crippen MR) is 98.4 cm³/mol. The number of aliphatic hydroxyl groups is 1. The smallest absolute Gasteiger partial charge is 0.176 e. The second kappa shape index (κ2) is 5.24. The van der Waals surface area contributed by atoms with Gasteiger partial charge in [-0.15, -0.1) is 0 Å². The number of hydrogen-bond acceptors (Lipinski definition) is 5. The second-order valence-corrected chi connectivity index (χ2v) is 8.51. The van der Waals surface area contributed by atoms with E-state index in [1.807, 2.05) is 32.9 Å². The number of ketones is 1. The molecule has 1 aromatic rings. The normalized spacial score (nSPS) is 40.7. The summed E-state index contributed by atoms with van der Waals surface area (Å²) in [5.74, 6) is -0.0489. The van der Waals surface area contributed by atoms with Gasteiger partial charge in [0.25, 0.3) is 0 Å². The first kappa shape index (κ1) is 17.0. The molecule has 27 heavy (non-hydrogen) atoms. The van der Waals surface area contributed by atoms with Crippen LogP contribution in [0.25, 0.3) is 0 Å². The lowest BCUT2D eigenvalue weighted by molar-refractivity contribution is -0.172. The average Bonchev–Trinajstić information content (AvgIpc) is 2.82. The Morgan fingerprint density at radius 2 is 2.15 bits per heavy atom. The van der Waals surface area contributed by atoms with Gasteiger partial charge in [0.05, 0.1) is 6.10 Å². The highest BCUT2D eigenvalue weighted by Crippen LogP contribution is 2.67. The highest BCUT2D eigenvalue weighted by molar-refractivity contribution is 5.97. The number of hydrogen-bond donors (Lipinski definition) is 2. The Balaban J connectivity index is 1.79. The van der Waals surface area contributed by atoms with Crippen molar-refractivity contribution in [3.8, 4) is 11.5 Å². The summed E-state index contributed by atoms with van der Waals surface area (Å²) in [6.45, 7) is 5.96. The van der Waals surface area contributed by atoms with Gasteiger partial charge in [0.1, 0.15) is 6.10 Å². The third-order valence-corrected chi connectivity index (χ3v) is 6.80. The van der Waals surface area contributed by atoms with Crippen LogP contribution in [0, 0.1) is 11.8 Å². The van der Waals surface area contributed by atoms with Crippen LogP contribution >= 0.6 is 0 Å². The Morgan fingerprint density at radius 3 is 2.89 bits per heavy atom. The van der Waals surface area contributed by atoms with Gasteiger partial charge in [0.15, 0.2) is 28.5 Å². The van der Waals surface area contributed by atoms with E-state index in [2.05, 4.69) is 0 Å². The van der Waals surface area contributed by atoms with Crippen LogP contribution in [0.15, 0.2) is 41.5 Å². The topological polar surface area (TPSA) is 76.0 Å². The fraction of sp³-hybridized carbons (Fsp3) is 0.500. The van der Waals surface area contributed by atoms with Gasteiger partial charge in [-0.3, -0.25) is 4.79 Å². The van der Waals surface area contributed by atoms with Gasteiger partial charge in [-0.2, -0.15) is 0 Å². The number of aromatic hydroxyl groups is 1. The number of benzene rings is 1. The number of rotatable bonds is 2. The molecule has 5 aliphatic rings. The minimum atomic E-state index is -1.16. The van der Waals surface area contributed by atoms with E-state index in [0.717, 1.165) is 5.57 Å². The molecule has 6 atom stereocenters. The number of fused-ring (bicyclic) bond motifs is 1. The van der Waals surface area contributed by atoms with E-state index >= 15 is 0 Å². The van der Waals surface area contributed by atoms with Crippen molar-refractivity contribution in [2.45, 2.75) is 57.0 Å². The van der Waals surface area contributed by atoms with Crippen molar-refractivity contribution >= 4 is 5.78 Å². The van der Waals surface area contributed by atoms with Gasteiger partial charge in [0, 0.05) is 29.4 Å². The SMILES string of the molecule is CC(C)=CCC12OC(C)C3CC(C=C4C(O)c5cccc(O)c5OC431)C2=O. The summed E-state index contributed by atoms with van der Waals surface area (Å²) >= 11 is 0. The molecule has 1 saturated heterocycles. The summed E-state index contributed by atoms with van der Waals surface area (Å²) in [5.41, 5.74) is 0.113. The van der Waals surface area contributed by atoms with E-state index in [1.54, 1.807) is 18.2 Å². The molecular weight excluding hydrogens is 344 g/mol. The summed E-state index contributed by atoms with van der Waals surface area (Å²) < 4.78 is 12.9. The number of ether oxygens (including phenoxy) is 2. The maximum absolute atomic E-state index is 13.5. The zero-order valence-corrected chi connectivity index (χ0v) is 15.7. The van der Waals surface area contributed by atoms with Crippen LogP contribution in [0.5, 0.6) is 11.5 Å². The maximum atomic E-state index is 13.5. The van der Waals surface area contributed by atoms with Crippen LogP contribution in [-0.2, 0) is 9.53 Å². The first-order valence-electron chi connectivity index (χ1n) is 9.58. The molecule has 142 valence electrons. The van der Waals surface area contributed by atoms with Crippen molar-refractivity contribution in [1.82, 2.24) is 0 Å². The fourth-order valence-electron chi connectivity index (χ4n) is 5.68. The maximum Gasteiger partial charge on any atom is 0.176 e. The van der Waals surface area contributed by atoms with Crippen LogP contribution in [0.2, 0.25) is 0 Å². The summed E-state index contributed by atoms with van der Waals surface area (Å²) in [4.78, 5) is 13.5. The predicted octanol–water partition coefficient (Wildman–Crippen LogP) is 3.22. The van der Waals surface area contributed by atoms with Crippen LogP contribution in [0.3, 0.4) is 0 Å². The molecule has 6 rings (SSSR count). The third kappa shape index (κ3) is 1.84. The molecule has 0 amide bonds. The van der Waals surface area contributed by atoms with Gasteiger partial charge >= 0.3 is 0 Å². The molecule has 2 N–H and O–H groups in total. The second-order valence-electron chi connectivity index (χ2n) is 8.51. The van der Waals surface area contributed by atoms with Gasteiger partial charge in [-0.05, 0) is 33.3 Å². The largest absolute Gasteiger partial charge is 0.504 e. The lowest BCUT2D eigenvalue weighted by Gasteiger charge is -2.57. The molecule has 3 aliphatic carbocycles. The van der Waals surface area contributed by atoms with Crippen LogP contribution in [-0.4, -0.2) is 33.3 Å². The molecular formula is C22H24O5. The first-order valence-corrected chi connectivity index (χ1v) is 9.58. The highest BCUT2D eigenvalue weighted by atomic mass is 16.6. The van der Waals surface area contributed by atoms with Crippen LogP contribution < -0.4 is 4.74 Å². The van der Waals surface area contributed by atoms with Crippen molar-refractivity contribution in [3.05, 3.63) is 47.1 Å². The molecule has 5 heteroatoms. The fourth-order valence-corrected chi connectivity index (χ4v) is 5.68. The lowest BCUT2D eigenvalue weighted by Crippen LogP contribution is -2.71. The zero-order chi connectivity index (χ0) is 19.1. The Hall–Kier alpha value is -2.11. The minimum absolute atomic E-state index is 0.0235. The van der Waals surface area contributed by atoms with E-state index in [4.69, 9.17) is 9.47 Å². The van der Waals surface area contributed by atoms with E-state index in [1.165, 1.54) is 0 Å². The molecule has 0 radical (unpaired) electrons. The zero-order valence-electron chi connectivity index (χ0n) is 15.7. The number of para-hydroxylation sites is 1. The number of carbonyl (C=O) groups is 1. The van der Waals surface area contributed by atoms with Gasteiger partial charge in [-0.25, -0.2) is 0 Å². The number of Topliss-reactive ketones (excluding diaryl/α,β-unsaturated/α-hetero) is 1. The van der Waals surface area contributed by atoms with Crippen molar-refractivity contribution in [2.24, 2.45) is 11.8 Å². The Kier molecular flexibility index (Phi) is 3.30. The molecule has 5 nitrogen and oxygen atoms in total. The van der Waals surface area contributed by atoms with Crippen molar-refractivity contribution in [3.63, 3.8) is 0 Å². The standard InChI is InChI=1S/C22H24O5/c1-11(2)7-8-21-20(25)13-9-15(12(3)26-21)22(21)16(10-13)18(24)14-5-4-6-17(23)19(14)27-22/h4-7,10,12-13,15,18,23-24H,8-9H2,1-3H3. The lowest BCUT2D eigenvalue weighted by atomic mass is 9.52. The molecule has 1 aromatic carbocycles. The van der Waals surface area contributed by atoms with Gasteiger partial charge < -0.3 is 19.7 Å². The summed E-state index contributed by atoms with van der Waals surface area (Å²) in [6.07, 6.45) is 3.86. The summed E-state index contributed by atoms with van der Waals surface area (Å²) in [7, 11) is 0. The highest BCUT2D eigenvalue weighted by Gasteiger charge is 2.78. The van der Waals surface area contributed by atoms with Crippen LogP contribution in [0.4, 0.5) is 0 Å². The number of phenolic OH excluding ortho intramolecular Hbond substituents is 1. The average molecular weight is 368 g/mol. The molecule has 4 bridgehead atoms. The summed E-state index contributed by atoms with van der Waals surface area (Å²) in [6, 6.07) is 4.99. The monoisotopic (exact) mass is 368 g/mol. The molecule has 1 spiro atoms. The number of phenols is 1. The number of allylic oxidation sites excluding steroid dienone is 2. The van der Waals surface area contributed by atoms with E-state index in [9.17, 15) is 15.0 Å². The molecule has 2 heterocycles. The number of carbonyl (C=O) groups excluding carboxylic acids is 1. The third-order valence-electron chi connectivity index (χ3n) is 6.80. The van der Waals surface area contributed by atoms with Gasteiger partial charge in [-0.1, -0.05) is 29.9 Å². The van der Waals surface area contributed by atoms with E-state index in [0.29, 0.717) is 24.0 Å². The van der Waals surface area contributed by atoms with E-state index in [-0.39, 0.29) is 35.2 Å². The van der Waals surface area contributed by atoms with Crippen molar-refractivity contribution in [1.29, 1.82) is 0 Å². The Bertz CT molecular complexity index is 911. The number of aliphatic hydroxyl groups excluding tert-OH is 1. The van der Waals surface area contributed by atoms with Gasteiger partial charge in [0.2, 0.25) is 0 Å².